The topological polar surface area (TPSA) is 14.1 Å². The molecule has 0 aliphatic rings. The highest BCUT2D eigenvalue weighted by atomic mass is 14.8. The molecule has 0 N–H and O–H groups in total. The summed E-state index contributed by atoms with van der Waals surface area (Å²) in [6, 6.07) is 2.66. The van der Waals surface area contributed by atoms with Crippen LogP contribution in [0.4, 0.5) is 0 Å². The Morgan fingerprint density at radius 1 is 1.43 bits per heavy atom. The van der Waals surface area contributed by atoms with Crippen molar-refractivity contribution in [2.75, 3.05) is 6.54 Å². The van der Waals surface area contributed by atoms with Crippen LogP contribution in [0.15, 0.2) is 0 Å². The second kappa shape index (κ2) is 5.36. The third-order valence-corrected chi connectivity index (χ3v) is 0.493. The van der Waals surface area contributed by atoms with Crippen LogP contribution in [-0.4, -0.2) is 6.54 Å². The van der Waals surface area contributed by atoms with Gasteiger partial charge in [-0.3, -0.25) is 0 Å². The zero-order valence-corrected chi connectivity index (χ0v) is 4.86. The Bertz CT molecular complexity index is 75.9. The van der Waals surface area contributed by atoms with Gasteiger partial charge in [0.25, 0.3) is 0 Å². The van der Waals surface area contributed by atoms with Crippen molar-refractivity contribution >= 4 is 0 Å². The number of hydrogen-bond donors (Lipinski definition) is 0. The molecule has 1 nitrogen and oxygen atoms in total. The Kier molecular flexibility index (Phi) is 4.87. The van der Waals surface area contributed by atoms with Gasteiger partial charge in [0.05, 0.1) is 0 Å². The lowest BCUT2D eigenvalue weighted by Gasteiger charge is -1.76. The average molecular weight is 96.2 g/mol. The lowest BCUT2D eigenvalue weighted by atomic mass is 10.5. The number of rotatable bonds is 1. The maximum atomic E-state index is 3.80. The molecule has 0 aliphatic carbocycles. The summed E-state index contributed by atoms with van der Waals surface area (Å²) >= 11 is 0. The molecular weight excluding hydrogens is 86.1 g/mol. The Morgan fingerprint density at radius 3 is 2.57 bits per heavy atom. The molecule has 0 aromatic rings. The molecule has 0 amide bonds. The molecule has 7 heavy (non-hydrogen) atoms. The average Bonchev–Trinajstić information content (AvgIpc) is 1.69. The van der Waals surface area contributed by atoms with Crippen LogP contribution in [0.2, 0.25) is 0 Å². The van der Waals surface area contributed by atoms with E-state index in [9.17, 15) is 0 Å². The van der Waals surface area contributed by atoms with Crippen LogP contribution in [-0.2, 0) is 0 Å². The summed E-state index contributed by atoms with van der Waals surface area (Å²) in [5, 5.41) is 3.80. The standard InChI is InChI=1S/C6H10N/c1-3-5-6-7-4-2/h3-4H2,1-2H3. The van der Waals surface area contributed by atoms with Crippen molar-refractivity contribution in [3.05, 3.63) is 0 Å². The smallest absolute Gasteiger partial charge is 0.0462 e. The van der Waals surface area contributed by atoms with Crippen LogP contribution in [0.25, 0.3) is 0 Å². The Morgan fingerprint density at radius 2 is 2.14 bits per heavy atom. The van der Waals surface area contributed by atoms with Crippen LogP contribution < -0.4 is 5.32 Å². The van der Waals surface area contributed by atoms with Gasteiger partial charge in [-0.15, -0.1) is 0 Å². The van der Waals surface area contributed by atoms with E-state index in [-0.39, 0.29) is 0 Å². The van der Waals surface area contributed by atoms with Gasteiger partial charge in [0.2, 0.25) is 0 Å². The summed E-state index contributed by atoms with van der Waals surface area (Å²) < 4.78 is 0. The van der Waals surface area contributed by atoms with Crippen LogP contribution in [0.5, 0.6) is 0 Å². The zero-order chi connectivity index (χ0) is 5.54. The normalized spacial score (nSPS) is 6.57. The molecule has 0 unspecified atom stereocenters. The van der Waals surface area contributed by atoms with Crippen LogP contribution in [0, 0.1) is 12.0 Å². The van der Waals surface area contributed by atoms with Gasteiger partial charge >= 0.3 is 0 Å². The van der Waals surface area contributed by atoms with Crippen molar-refractivity contribution in [1.29, 1.82) is 0 Å². The second-order valence-electron chi connectivity index (χ2n) is 1.12. The fourth-order valence-electron chi connectivity index (χ4n) is 0.214. The van der Waals surface area contributed by atoms with Gasteiger partial charge in [-0.1, -0.05) is 12.8 Å². The van der Waals surface area contributed by atoms with Gasteiger partial charge in [-0.2, -0.15) is 0 Å². The summed E-state index contributed by atoms with van der Waals surface area (Å²) in [5.41, 5.74) is 0. The second-order valence-corrected chi connectivity index (χ2v) is 1.12. The first-order valence-corrected chi connectivity index (χ1v) is 2.56. The molecule has 0 rings (SSSR count). The van der Waals surface area contributed by atoms with Crippen molar-refractivity contribution < 1.29 is 0 Å². The maximum Gasteiger partial charge on any atom is 0.0462 e. The molecule has 1 radical (unpaired) electrons. The first-order valence-electron chi connectivity index (χ1n) is 2.56. The first-order chi connectivity index (χ1) is 3.41. The summed E-state index contributed by atoms with van der Waals surface area (Å²) in [7, 11) is 0. The quantitative estimate of drug-likeness (QED) is 0.432. The molecule has 39 valence electrons. The molecule has 0 saturated carbocycles. The minimum atomic E-state index is 0.812. The van der Waals surface area contributed by atoms with E-state index < -0.39 is 0 Å². The van der Waals surface area contributed by atoms with Gasteiger partial charge in [-0.25, -0.2) is 5.32 Å². The van der Waals surface area contributed by atoms with E-state index >= 15 is 0 Å². The molecule has 0 saturated heterocycles. The molecule has 0 bridgehead atoms. The highest BCUT2D eigenvalue weighted by Crippen LogP contribution is 1.63. The van der Waals surface area contributed by atoms with E-state index in [0.717, 1.165) is 13.0 Å². The monoisotopic (exact) mass is 96.1 g/mol. The van der Waals surface area contributed by atoms with Crippen LogP contribution in [0.1, 0.15) is 20.3 Å². The molecule has 1 heteroatoms. The van der Waals surface area contributed by atoms with E-state index in [0.29, 0.717) is 0 Å². The van der Waals surface area contributed by atoms with E-state index in [4.69, 9.17) is 0 Å². The maximum absolute atomic E-state index is 3.80. The Labute approximate surface area is 45.1 Å². The zero-order valence-electron chi connectivity index (χ0n) is 4.86. The predicted octanol–water partition coefficient (Wildman–Crippen LogP) is 0.982. The predicted molar refractivity (Wildman–Crippen MR) is 30.7 cm³/mol. The molecular formula is C6H10N. The molecule has 0 atom stereocenters. The van der Waals surface area contributed by atoms with E-state index in [1.807, 2.05) is 13.8 Å². The summed E-state index contributed by atoms with van der Waals surface area (Å²) in [5.74, 6) is 2.83. The van der Waals surface area contributed by atoms with Crippen molar-refractivity contribution in [1.82, 2.24) is 5.32 Å². The molecule has 0 fully saturated rings. The van der Waals surface area contributed by atoms with Gasteiger partial charge in [0.15, 0.2) is 0 Å². The van der Waals surface area contributed by atoms with Crippen LogP contribution in [0.3, 0.4) is 0 Å². The fraction of sp³-hybridized carbons (Fsp3) is 0.667. The van der Waals surface area contributed by atoms with Crippen molar-refractivity contribution in [2.24, 2.45) is 0 Å². The summed E-state index contributed by atoms with van der Waals surface area (Å²) in [6.45, 7) is 4.80. The Balaban J connectivity index is 2.91. The van der Waals surface area contributed by atoms with Gasteiger partial charge in [0.1, 0.15) is 0 Å². The minimum absolute atomic E-state index is 0.812. The Hall–Kier alpha value is -0.640. The van der Waals surface area contributed by atoms with Crippen molar-refractivity contribution in [3.63, 3.8) is 0 Å². The highest BCUT2D eigenvalue weighted by Gasteiger charge is 1.64. The SMILES string of the molecule is CCC#C[N]CC. The van der Waals surface area contributed by atoms with Gasteiger partial charge in [-0.05, 0) is 6.92 Å². The lowest BCUT2D eigenvalue weighted by Crippen LogP contribution is -1.91. The van der Waals surface area contributed by atoms with Crippen molar-refractivity contribution in [3.8, 4) is 12.0 Å². The van der Waals surface area contributed by atoms with Gasteiger partial charge in [0, 0.05) is 19.0 Å². The molecule has 0 aliphatic heterocycles. The molecule has 0 spiro atoms. The van der Waals surface area contributed by atoms with Crippen LogP contribution >= 0.6 is 0 Å². The highest BCUT2D eigenvalue weighted by molar-refractivity contribution is 4.94. The number of hydrogen-bond acceptors (Lipinski definition) is 0. The fourth-order valence-corrected chi connectivity index (χ4v) is 0.214. The molecule has 0 aromatic heterocycles. The van der Waals surface area contributed by atoms with Gasteiger partial charge < -0.3 is 0 Å². The van der Waals surface area contributed by atoms with E-state index in [1.54, 1.807) is 0 Å². The summed E-state index contributed by atoms with van der Waals surface area (Å²) in [4.78, 5) is 0. The van der Waals surface area contributed by atoms with E-state index in [2.05, 4.69) is 17.3 Å². The largest absolute Gasteiger partial charge is 0.236 e. The lowest BCUT2D eigenvalue weighted by molar-refractivity contribution is 0.932. The van der Waals surface area contributed by atoms with E-state index in [1.165, 1.54) is 0 Å². The third kappa shape index (κ3) is 5.36. The molecule has 0 heterocycles. The molecule has 0 aromatic carbocycles. The third-order valence-electron chi connectivity index (χ3n) is 0.493. The summed E-state index contributed by atoms with van der Waals surface area (Å²) in [6.07, 6.45) is 0.906. The van der Waals surface area contributed by atoms with Crippen molar-refractivity contribution in [2.45, 2.75) is 20.3 Å². The first kappa shape index (κ1) is 6.36. The number of nitrogens with zero attached hydrogens (tertiary/aromatic N) is 1. The minimum Gasteiger partial charge on any atom is -0.236 e.